The van der Waals surface area contributed by atoms with E-state index in [-0.39, 0.29) is 11.9 Å². The third-order valence-corrected chi connectivity index (χ3v) is 5.41. The van der Waals surface area contributed by atoms with Crippen molar-refractivity contribution in [2.24, 2.45) is 0 Å². The van der Waals surface area contributed by atoms with Gasteiger partial charge in [0.05, 0.1) is 18.8 Å². The predicted octanol–water partition coefficient (Wildman–Crippen LogP) is 5.64. The number of rotatable bonds is 9. The van der Waals surface area contributed by atoms with Crippen molar-refractivity contribution in [2.75, 3.05) is 13.2 Å². The molecule has 128 valence electrons. The number of hydrogen-bond donors (Lipinski definition) is 0. The lowest BCUT2D eigenvalue weighted by molar-refractivity contribution is -0.143. The quantitative estimate of drug-likeness (QED) is 0.243. The van der Waals surface area contributed by atoms with Crippen LogP contribution in [0.25, 0.3) is 0 Å². The number of halogens is 3. The first-order valence-electron chi connectivity index (χ1n) is 7.43. The lowest BCUT2D eigenvalue weighted by atomic mass is 10.2. The van der Waals surface area contributed by atoms with E-state index >= 15 is 0 Å². The van der Waals surface area contributed by atoms with Crippen LogP contribution in [0.5, 0.6) is 0 Å². The normalized spacial score (nSPS) is 10.4. The maximum Gasteiger partial charge on any atom is 0.339 e. The second kappa shape index (κ2) is 11.2. The summed E-state index contributed by atoms with van der Waals surface area (Å²) in [5.74, 6) is -0.534. The fraction of sp³-hybridized carbons (Fsp3) is 0.500. The van der Waals surface area contributed by atoms with Crippen LogP contribution in [-0.2, 0) is 14.3 Å². The second-order valence-electron chi connectivity index (χ2n) is 4.92. The van der Waals surface area contributed by atoms with Gasteiger partial charge in [0.15, 0.2) is 0 Å². The molecule has 1 aromatic rings. The third kappa shape index (κ3) is 7.81. The van der Waals surface area contributed by atoms with Crippen LogP contribution in [0, 0.1) is 0 Å². The van der Waals surface area contributed by atoms with E-state index in [9.17, 15) is 9.59 Å². The molecule has 7 heteroatoms. The van der Waals surface area contributed by atoms with E-state index in [1.54, 1.807) is 6.07 Å². The van der Waals surface area contributed by atoms with E-state index in [0.717, 1.165) is 34.6 Å². The molecular formula is C16H19Br3O4. The summed E-state index contributed by atoms with van der Waals surface area (Å²) in [6.45, 7) is 2.77. The fourth-order valence-corrected chi connectivity index (χ4v) is 3.40. The predicted molar refractivity (Wildman–Crippen MR) is 99.5 cm³/mol. The zero-order valence-corrected chi connectivity index (χ0v) is 17.6. The summed E-state index contributed by atoms with van der Waals surface area (Å²) >= 11 is 10.1. The molecule has 0 aliphatic rings. The number of hydrogen-bond acceptors (Lipinski definition) is 4. The topological polar surface area (TPSA) is 52.6 Å². The van der Waals surface area contributed by atoms with Crippen molar-refractivity contribution < 1.29 is 19.1 Å². The molecule has 0 saturated heterocycles. The van der Waals surface area contributed by atoms with Crippen molar-refractivity contribution in [3.8, 4) is 0 Å². The molecule has 23 heavy (non-hydrogen) atoms. The lowest BCUT2D eigenvalue weighted by Gasteiger charge is -2.08. The molecule has 0 radical (unpaired) electrons. The molecule has 0 unspecified atom stereocenters. The Morgan fingerprint density at radius 1 is 1.00 bits per heavy atom. The van der Waals surface area contributed by atoms with Gasteiger partial charge in [0.25, 0.3) is 0 Å². The Hall–Kier alpha value is -0.400. The van der Waals surface area contributed by atoms with Crippen LogP contribution in [0.4, 0.5) is 0 Å². The number of carbonyl (C=O) groups excluding carboxylic acids is 2. The van der Waals surface area contributed by atoms with E-state index in [0.29, 0.717) is 29.7 Å². The maximum absolute atomic E-state index is 12.1. The van der Waals surface area contributed by atoms with Gasteiger partial charge in [-0.2, -0.15) is 0 Å². The summed E-state index contributed by atoms with van der Waals surface area (Å²) in [5.41, 5.74) is 0.467. The zero-order chi connectivity index (χ0) is 17.2. The van der Waals surface area contributed by atoms with Crippen molar-refractivity contribution in [2.45, 2.75) is 39.0 Å². The van der Waals surface area contributed by atoms with Gasteiger partial charge in [-0.15, -0.1) is 0 Å². The first-order valence-corrected chi connectivity index (χ1v) is 9.81. The number of benzene rings is 1. The Balaban J connectivity index is 2.26. The van der Waals surface area contributed by atoms with Crippen LogP contribution >= 0.6 is 47.8 Å². The van der Waals surface area contributed by atoms with Gasteiger partial charge in [-0.1, -0.05) is 22.9 Å². The van der Waals surface area contributed by atoms with Crippen molar-refractivity contribution in [3.05, 3.63) is 31.1 Å². The minimum absolute atomic E-state index is 0.160. The number of carbonyl (C=O) groups is 2. The van der Waals surface area contributed by atoms with E-state index in [4.69, 9.17) is 9.47 Å². The van der Waals surface area contributed by atoms with Crippen LogP contribution in [0.15, 0.2) is 25.6 Å². The second-order valence-corrected chi connectivity index (χ2v) is 7.48. The zero-order valence-electron chi connectivity index (χ0n) is 12.9. The van der Waals surface area contributed by atoms with Crippen LogP contribution in [0.2, 0.25) is 0 Å². The Morgan fingerprint density at radius 2 is 1.74 bits per heavy atom. The largest absolute Gasteiger partial charge is 0.466 e. The van der Waals surface area contributed by atoms with Crippen molar-refractivity contribution in [1.29, 1.82) is 0 Å². The summed E-state index contributed by atoms with van der Waals surface area (Å²) in [4.78, 5) is 23.4. The summed E-state index contributed by atoms with van der Waals surface area (Å²) in [6, 6.07) is 3.55. The average Bonchev–Trinajstić information content (AvgIpc) is 2.51. The Morgan fingerprint density at radius 3 is 2.43 bits per heavy atom. The number of ether oxygens (including phenoxy) is 2. The van der Waals surface area contributed by atoms with Gasteiger partial charge in [0.1, 0.15) is 0 Å². The Kier molecular flexibility index (Phi) is 10.1. The molecule has 0 aliphatic heterocycles. The van der Waals surface area contributed by atoms with Gasteiger partial charge < -0.3 is 9.47 Å². The van der Waals surface area contributed by atoms with Crippen LogP contribution in [0.3, 0.4) is 0 Å². The van der Waals surface area contributed by atoms with Crippen LogP contribution in [-0.4, -0.2) is 25.2 Å². The third-order valence-electron chi connectivity index (χ3n) is 2.94. The molecule has 0 aliphatic carbocycles. The minimum Gasteiger partial charge on any atom is -0.466 e. The highest BCUT2D eigenvalue weighted by atomic mass is 79.9. The molecule has 0 atom stereocenters. The van der Waals surface area contributed by atoms with Gasteiger partial charge in [-0.05, 0) is 69.7 Å². The fourth-order valence-electron chi connectivity index (χ4n) is 1.78. The molecule has 1 aromatic carbocycles. The van der Waals surface area contributed by atoms with E-state index in [2.05, 4.69) is 47.8 Å². The molecule has 0 N–H and O–H groups in total. The van der Waals surface area contributed by atoms with Gasteiger partial charge >= 0.3 is 11.9 Å². The average molecular weight is 515 g/mol. The summed E-state index contributed by atoms with van der Waals surface area (Å²) < 4.78 is 12.5. The molecule has 0 fully saturated rings. The highest BCUT2D eigenvalue weighted by molar-refractivity contribution is 9.13. The van der Waals surface area contributed by atoms with Crippen molar-refractivity contribution in [3.63, 3.8) is 0 Å². The summed E-state index contributed by atoms with van der Waals surface area (Å²) in [6.07, 6.45) is 3.53. The molecule has 0 heterocycles. The molecule has 0 saturated carbocycles. The van der Waals surface area contributed by atoms with Crippen molar-refractivity contribution in [1.82, 2.24) is 0 Å². The van der Waals surface area contributed by atoms with E-state index in [1.165, 1.54) is 0 Å². The first kappa shape index (κ1) is 20.6. The maximum atomic E-state index is 12.1. The van der Waals surface area contributed by atoms with Gasteiger partial charge in [-0.3, -0.25) is 4.79 Å². The first-order chi connectivity index (χ1) is 11.0. The standard InChI is InChI=1S/C16H19Br3O4/c1-2-7-22-14(20)6-4-3-5-8-23-16(21)12-9-11(17)10-13(18)15(12)19/h9-10H,2-8H2,1H3. The minimum atomic E-state index is -0.374. The van der Waals surface area contributed by atoms with Gasteiger partial charge in [-0.25, -0.2) is 4.79 Å². The Labute approximate surface area is 161 Å². The molecule has 1 rings (SSSR count). The summed E-state index contributed by atoms with van der Waals surface area (Å²) in [5, 5.41) is 0. The van der Waals surface area contributed by atoms with Gasteiger partial charge in [0, 0.05) is 19.8 Å². The smallest absolute Gasteiger partial charge is 0.339 e. The monoisotopic (exact) mass is 512 g/mol. The van der Waals surface area contributed by atoms with Crippen LogP contribution in [0.1, 0.15) is 49.4 Å². The van der Waals surface area contributed by atoms with Crippen molar-refractivity contribution >= 4 is 59.7 Å². The number of esters is 2. The lowest BCUT2D eigenvalue weighted by Crippen LogP contribution is -2.08. The molecule has 4 nitrogen and oxygen atoms in total. The SMILES string of the molecule is CCCOC(=O)CCCCCOC(=O)c1cc(Br)cc(Br)c1Br. The highest BCUT2D eigenvalue weighted by Crippen LogP contribution is 2.31. The van der Waals surface area contributed by atoms with Crippen LogP contribution < -0.4 is 0 Å². The molecule has 0 spiro atoms. The van der Waals surface area contributed by atoms with E-state index < -0.39 is 0 Å². The molecule has 0 aromatic heterocycles. The number of unbranched alkanes of at least 4 members (excludes halogenated alkanes) is 2. The summed E-state index contributed by atoms with van der Waals surface area (Å²) in [7, 11) is 0. The molecule has 0 amide bonds. The highest BCUT2D eigenvalue weighted by Gasteiger charge is 2.15. The van der Waals surface area contributed by atoms with E-state index in [1.807, 2.05) is 13.0 Å². The Bertz CT molecular complexity index is 546. The molecular weight excluding hydrogens is 496 g/mol. The molecule has 0 bridgehead atoms. The van der Waals surface area contributed by atoms with Gasteiger partial charge in [0.2, 0.25) is 0 Å².